The van der Waals surface area contributed by atoms with E-state index in [1.165, 1.54) is 11.3 Å². The van der Waals surface area contributed by atoms with Gasteiger partial charge in [-0.15, -0.1) is 5.10 Å². The minimum absolute atomic E-state index is 0.658. The number of H-pyrrole nitrogens is 1. The van der Waals surface area contributed by atoms with Gasteiger partial charge in [-0.25, -0.2) is 0 Å². The van der Waals surface area contributed by atoms with E-state index in [-0.39, 0.29) is 0 Å². The number of aromatic nitrogens is 2. The Labute approximate surface area is 112 Å². The van der Waals surface area contributed by atoms with Crippen LogP contribution in [0.15, 0.2) is 27.1 Å². The highest BCUT2D eigenvalue weighted by Crippen LogP contribution is 2.29. The molecule has 2 N–H and O–H groups in total. The number of nitrogens with zero attached hydrogens (tertiary/aromatic N) is 1. The molecular formula is C8H5Br2N3S2. The number of hydrogen-bond donors (Lipinski definition) is 2. The van der Waals surface area contributed by atoms with Crippen molar-refractivity contribution in [3.05, 3.63) is 31.1 Å². The van der Waals surface area contributed by atoms with Crippen molar-refractivity contribution < 1.29 is 0 Å². The van der Waals surface area contributed by atoms with Crippen molar-refractivity contribution in [1.82, 2.24) is 10.2 Å². The monoisotopic (exact) mass is 365 g/mol. The van der Waals surface area contributed by atoms with Gasteiger partial charge in [-0.1, -0.05) is 27.3 Å². The van der Waals surface area contributed by atoms with Crippen LogP contribution in [0.1, 0.15) is 0 Å². The highest BCUT2D eigenvalue weighted by molar-refractivity contribution is 9.11. The van der Waals surface area contributed by atoms with Crippen molar-refractivity contribution in [3.63, 3.8) is 0 Å². The molecule has 0 aliphatic carbocycles. The number of hydrogen-bond acceptors (Lipinski definition) is 4. The third-order valence-electron chi connectivity index (χ3n) is 1.61. The maximum atomic E-state index is 4.94. The van der Waals surface area contributed by atoms with Crippen LogP contribution in [0.25, 0.3) is 0 Å². The molecule has 0 amide bonds. The van der Waals surface area contributed by atoms with Gasteiger partial charge >= 0.3 is 0 Å². The predicted octanol–water partition coefficient (Wildman–Crippen LogP) is 4.47. The smallest absolute Gasteiger partial charge is 0.208 e. The van der Waals surface area contributed by atoms with E-state index >= 15 is 0 Å². The quantitative estimate of drug-likeness (QED) is 0.770. The van der Waals surface area contributed by atoms with Gasteiger partial charge in [0.1, 0.15) is 0 Å². The lowest BCUT2D eigenvalue weighted by molar-refractivity contribution is 1.08. The Morgan fingerprint density at radius 3 is 2.80 bits per heavy atom. The first-order valence-corrected chi connectivity index (χ1v) is 6.74. The second kappa shape index (κ2) is 4.73. The molecule has 1 aromatic heterocycles. The first kappa shape index (κ1) is 11.3. The lowest BCUT2D eigenvalue weighted by Gasteiger charge is -2.04. The van der Waals surface area contributed by atoms with Crippen molar-refractivity contribution in [2.45, 2.75) is 0 Å². The molecule has 7 heteroatoms. The molecule has 0 fully saturated rings. The van der Waals surface area contributed by atoms with Gasteiger partial charge in [-0.3, -0.25) is 5.10 Å². The zero-order chi connectivity index (χ0) is 10.8. The average Bonchev–Trinajstić information content (AvgIpc) is 2.56. The Morgan fingerprint density at radius 1 is 1.40 bits per heavy atom. The fraction of sp³-hybridized carbons (Fsp3) is 0. The molecule has 1 aromatic carbocycles. The normalized spacial score (nSPS) is 10.3. The molecule has 0 atom stereocenters. The second-order valence-corrected chi connectivity index (χ2v) is 6.10. The predicted molar refractivity (Wildman–Crippen MR) is 72.4 cm³/mol. The van der Waals surface area contributed by atoms with E-state index in [0.29, 0.717) is 3.95 Å². The number of aromatic amines is 1. The van der Waals surface area contributed by atoms with E-state index in [2.05, 4.69) is 47.4 Å². The van der Waals surface area contributed by atoms with Crippen LogP contribution >= 0.6 is 55.4 Å². The van der Waals surface area contributed by atoms with Gasteiger partial charge in [-0.2, -0.15) is 0 Å². The van der Waals surface area contributed by atoms with Gasteiger partial charge in [0.05, 0.1) is 5.69 Å². The Bertz CT molecular complexity index is 535. The van der Waals surface area contributed by atoms with Crippen molar-refractivity contribution in [3.8, 4) is 0 Å². The fourth-order valence-corrected chi connectivity index (χ4v) is 2.94. The van der Waals surface area contributed by atoms with Crippen molar-refractivity contribution in [2.24, 2.45) is 0 Å². The molecule has 0 radical (unpaired) electrons. The SMILES string of the molecule is S=c1[nH]nc(Nc2ccc(Br)cc2Br)s1. The molecule has 0 spiro atoms. The molecule has 0 bridgehead atoms. The van der Waals surface area contributed by atoms with Crippen LogP contribution in [0.3, 0.4) is 0 Å². The molecule has 78 valence electrons. The topological polar surface area (TPSA) is 40.7 Å². The van der Waals surface area contributed by atoms with E-state index in [0.717, 1.165) is 19.8 Å². The zero-order valence-electron chi connectivity index (χ0n) is 7.25. The summed E-state index contributed by atoms with van der Waals surface area (Å²) in [5.41, 5.74) is 0.955. The van der Waals surface area contributed by atoms with Crippen molar-refractivity contribution in [2.75, 3.05) is 5.32 Å². The zero-order valence-corrected chi connectivity index (χ0v) is 12.1. The van der Waals surface area contributed by atoms with Gasteiger partial charge in [-0.05, 0) is 46.3 Å². The molecule has 2 rings (SSSR count). The lowest BCUT2D eigenvalue weighted by atomic mass is 10.3. The highest BCUT2D eigenvalue weighted by atomic mass is 79.9. The molecule has 0 unspecified atom stereocenters. The van der Waals surface area contributed by atoms with E-state index < -0.39 is 0 Å². The first-order valence-electron chi connectivity index (χ1n) is 3.93. The van der Waals surface area contributed by atoms with Gasteiger partial charge < -0.3 is 5.32 Å². The summed E-state index contributed by atoms with van der Waals surface area (Å²) >= 11 is 13.2. The fourth-order valence-electron chi connectivity index (χ4n) is 0.989. The first-order chi connectivity index (χ1) is 7.15. The largest absolute Gasteiger partial charge is 0.329 e. The van der Waals surface area contributed by atoms with E-state index in [1.54, 1.807) is 0 Å². The summed E-state index contributed by atoms with van der Waals surface area (Å²) in [6, 6.07) is 5.88. The van der Waals surface area contributed by atoms with Crippen molar-refractivity contribution in [1.29, 1.82) is 0 Å². The molecule has 0 saturated heterocycles. The number of benzene rings is 1. The third-order valence-corrected chi connectivity index (χ3v) is 3.76. The van der Waals surface area contributed by atoms with Crippen LogP contribution in [0.4, 0.5) is 10.8 Å². The highest BCUT2D eigenvalue weighted by Gasteiger charge is 2.03. The minimum Gasteiger partial charge on any atom is -0.329 e. The molecule has 2 aromatic rings. The van der Waals surface area contributed by atoms with Gasteiger partial charge in [0.15, 0.2) is 3.95 Å². The summed E-state index contributed by atoms with van der Waals surface area (Å²) in [4.78, 5) is 0. The van der Waals surface area contributed by atoms with Crippen molar-refractivity contribution >= 4 is 66.2 Å². The van der Waals surface area contributed by atoms with Crippen LogP contribution in [0.5, 0.6) is 0 Å². The summed E-state index contributed by atoms with van der Waals surface area (Å²) in [5, 5.41) is 10.7. The molecular weight excluding hydrogens is 362 g/mol. The van der Waals surface area contributed by atoms with Gasteiger partial charge in [0, 0.05) is 8.95 Å². The molecule has 1 heterocycles. The maximum absolute atomic E-state index is 4.94. The van der Waals surface area contributed by atoms with Gasteiger partial charge in [0.25, 0.3) is 0 Å². The summed E-state index contributed by atoms with van der Waals surface area (Å²) in [6.45, 7) is 0. The maximum Gasteiger partial charge on any atom is 0.208 e. The number of rotatable bonds is 2. The summed E-state index contributed by atoms with van der Waals surface area (Å²) in [5.74, 6) is 0. The third kappa shape index (κ3) is 2.87. The Balaban J connectivity index is 2.28. The molecule has 3 nitrogen and oxygen atoms in total. The minimum atomic E-state index is 0.658. The van der Waals surface area contributed by atoms with E-state index in [4.69, 9.17) is 12.2 Å². The van der Waals surface area contributed by atoms with Gasteiger partial charge in [0.2, 0.25) is 5.13 Å². The van der Waals surface area contributed by atoms with Crippen LogP contribution in [0.2, 0.25) is 0 Å². The molecule has 0 aliphatic rings. The van der Waals surface area contributed by atoms with Crippen LogP contribution < -0.4 is 5.32 Å². The van der Waals surface area contributed by atoms with E-state index in [1.807, 2.05) is 18.2 Å². The summed E-state index contributed by atoms with van der Waals surface area (Å²) < 4.78 is 2.65. The standard InChI is InChI=1S/C8H5Br2N3S2/c9-4-1-2-6(5(10)3-4)11-7-12-13-8(14)15-7/h1-3H,(H,11,12)(H,13,14). The Kier molecular flexibility index (Phi) is 3.55. The summed E-state index contributed by atoms with van der Waals surface area (Å²) in [7, 11) is 0. The van der Waals surface area contributed by atoms with Crippen LogP contribution in [-0.4, -0.2) is 10.2 Å². The summed E-state index contributed by atoms with van der Waals surface area (Å²) in [6.07, 6.45) is 0. The molecule has 0 saturated carbocycles. The number of anilines is 2. The Hall–Kier alpha value is -0.240. The number of halogens is 2. The molecule has 15 heavy (non-hydrogen) atoms. The second-order valence-electron chi connectivity index (χ2n) is 2.67. The lowest BCUT2D eigenvalue weighted by Crippen LogP contribution is -1.90. The van der Waals surface area contributed by atoms with Crippen LogP contribution in [0, 0.1) is 3.95 Å². The number of nitrogens with one attached hydrogen (secondary N) is 2. The van der Waals surface area contributed by atoms with E-state index in [9.17, 15) is 0 Å². The Morgan fingerprint density at radius 2 is 2.20 bits per heavy atom. The van der Waals surface area contributed by atoms with Crippen LogP contribution in [-0.2, 0) is 0 Å². The molecule has 0 aliphatic heterocycles. The average molecular weight is 367 g/mol.